The van der Waals surface area contributed by atoms with Crippen LogP contribution in [0.25, 0.3) is 0 Å². The Morgan fingerprint density at radius 1 is 1.22 bits per heavy atom. The van der Waals surface area contributed by atoms with Crippen LogP contribution in [0.3, 0.4) is 0 Å². The molecule has 8 heteroatoms. The Kier molecular flexibility index (Phi) is 8.74. The van der Waals surface area contributed by atoms with E-state index in [1.807, 2.05) is 50.4 Å². The number of thiazole rings is 1. The fourth-order valence-electron chi connectivity index (χ4n) is 2.52. The fraction of sp³-hybridized carbons (Fsp3) is 0.474. The Morgan fingerprint density at radius 3 is 2.67 bits per heavy atom. The summed E-state index contributed by atoms with van der Waals surface area (Å²) in [7, 11) is -3.11. The van der Waals surface area contributed by atoms with E-state index in [0.29, 0.717) is 18.9 Å². The second-order valence-corrected chi connectivity index (χ2v) is 9.74. The van der Waals surface area contributed by atoms with Gasteiger partial charge in [0.05, 0.1) is 16.5 Å². The Labute approximate surface area is 166 Å². The molecule has 0 fully saturated rings. The molecule has 0 radical (unpaired) electrons. The topological polar surface area (TPSA) is 83.5 Å². The van der Waals surface area contributed by atoms with Crippen molar-refractivity contribution in [2.45, 2.75) is 32.4 Å². The number of nitrogens with one attached hydrogen (secondary N) is 2. The van der Waals surface area contributed by atoms with E-state index in [2.05, 4.69) is 20.6 Å². The van der Waals surface area contributed by atoms with Crippen LogP contribution in [0.2, 0.25) is 0 Å². The predicted octanol–water partition coefficient (Wildman–Crippen LogP) is 2.55. The summed E-state index contributed by atoms with van der Waals surface area (Å²) < 4.78 is 24.4. The molecule has 2 aromatic rings. The van der Waals surface area contributed by atoms with Crippen LogP contribution in [-0.4, -0.2) is 44.7 Å². The molecule has 0 aliphatic rings. The van der Waals surface area contributed by atoms with Gasteiger partial charge >= 0.3 is 0 Å². The number of aliphatic imine (C=N–C) groups is 1. The van der Waals surface area contributed by atoms with E-state index in [0.717, 1.165) is 30.1 Å². The summed E-state index contributed by atoms with van der Waals surface area (Å²) in [4.78, 5) is 10.0. The molecule has 0 spiro atoms. The largest absolute Gasteiger partial charge is 0.357 e. The monoisotopic (exact) mass is 408 g/mol. The standard InChI is InChI=1S/C19H28N4O2S2/c1-3-20-19(22-12-10-18-23-14-16(2)26-18)21-11-7-13-27(24,25)15-17-8-5-4-6-9-17/h4-6,8-9,14H,3,7,10-13,15H2,1-2H3,(H2,20,21,22). The highest BCUT2D eigenvalue weighted by molar-refractivity contribution is 7.90. The molecule has 1 aromatic heterocycles. The first-order valence-corrected chi connectivity index (χ1v) is 11.8. The van der Waals surface area contributed by atoms with Crippen molar-refractivity contribution in [3.05, 3.63) is 52.0 Å². The van der Waals surface area contributed by atoms with Crippen LogP contribution in [-0.2, 0) is 22.0 Å². The molecule has 0 saturated heterocycles. The van der Waals surface area contributed by atoms with Crippen molar-refractivity contribution in [1.82, 2.24) is 15.6 Å². The molecule has 0 aliphatic heterocycles. The number of aryl methyl sites for hydroxylation is 1. The van der Waals surface area contributed by atoms with Crippen LogP contribution < -0.4 is 10.6 Å². The van der Waals surface area contributed by atoms with Crippen molar-refractivity contribution >= 4 is 27.1 Å². The lowest BCUT2D eigenvalue weighted by Gasteiger charge is -2.10. The third kappa shape index (κ3) is 8.53. The quantitative estimate of drug-likeness (QED) is 0.359. The highest BCUT2D eigenvalue weighted by Crippen LogP contribution is 2.11. The fourth-order valence-corrected chi connectivity index (χ4v) is 4.72. The normalized spacial score (nSPS) is 12.1. The van der Waals surface area contributed by atoms with Crippen LogP contribution in [0, 0.1) is 6.92 Å². The van der Waals surface area contributed by atoms with Crippen molar-refractivity contribution in [1.29, 1.82) is 0 Å². The molecule has 0 amide bonds. The Morgan fingerprint density at radius 2 is 2.00 bits per heavy atom. The van der Waals surface area contributed by atoms with E-state index in [9.17, 15) is 8.42 Å². The lowest BCUT2D eigenvalue weighted by atomic mass is 10.2. The number of benzene rings is 1. The van der Waals surface area contributed by atoms with Crippen molar-refractivity contribution in [3.63, 3.8) is 0 Å². The van der Waals surface area contributed by atoms with Gasteiger partial charge in [-0.3, -0.25) is 4.99 Å². The first-order valence-electron chi connectivity index (χ1n) is 9.16. The van der Waals surface area contributed by atoms with Gasteiger partial charge in [0.2, 0.25) is 0 Å². The number of sulfone groups is 1. The molecule has 1 aromatic carbocycles. The lowest BCUT2D eigenvalue weighted by Crippen LogP contribution is -2.38. The van der Waals surface area contributed by atoms with E-state index >= 15 is 0 Å². The molecule has 1 heterocycles. The molecule has 0 atom stereocenters. The minimum absolute atomic E-state index is 0.0864. The maximum absolute atomic E-state index is 12.2. The van der Waals surface area contributed by atoms with E-state index < -0.39 is 9.84 Å². The average Bonchev–Trinajstić information content (AvgIpc) is 3.04. The van der Waals surface area contributed by atoms with Crippen molar-refractivity contribution in [3.8, 4) is 0 Å². The molecule has 2 rings (SSSR count). The van der Waals surface area contributed by atoms with Gasteiger partial charge in [0, 0.05) is 37.1 Å². The summed E-state index contributed by atoms with van der Waals surface area (Å²) in [5.41, 5.74) is 0.827. The first kappa shape index (κ1) is 21.4. The van der Waals surface area contributed by atoms with Gasteiger partial charge in [-0.1, -0.05) is 30.3 Å². The highest BCUT2D eigenvalue weighted by Gasteiger charge is 2.11. The van der Waals surface area contributed by atoms with E-state index in [-0.39, 0.29) is 11.5 Å². The summed E-state index contributed by atoms with van der Waals surface area (Å²) >= 11 is 1.70. The predicted molar refractivity (Wildman–Crippen MR) is 113 cm³/mol. The second-order valence-electron chi connectivity index (χ2n) is 6.23. The molecule has 27 heavy (non-hydrogen) atoms. The maximum Gasteiger partial charge on any atom is 0.191 e. The SMILES string of the molecule is CCNC(=NCCCS(=O)(=O)Cc1ccccc1)NCCc1ncc(C)s1. The second kappa shape index (κ2) is 11.0. The number of nitrogens with zero attached hydrogens (tertiary/aromatic N) is 2. The number of hydrogen-bond donors (Lipinski definition) is 2. The molecular weight excluding hydrogens is 380 g/mol. The van der Waals surface area contributed by atoms with Crippen LogP contribution in [0.5, 0.6) is 0 Å². The molecular formula is C19H28N4O2S2. The maximum atomic E-state index is 12.2. The average molecular weight is 409 g/mol. The first-order chi connectivity index (χ1) is 13.0. The molecule has 2 N–H and O–H groups in total. The zero-order valence-corrected chi connectivity index (χ0v) is 17.6. The molecule has 6 nitrogen and oxygen atoms in total. The third-order valence-electron chi connectivity index (χ3n) is 3.76. The molecule has 0 saturated carbocycles. The minimum atomic E-state index is -3.11. The van der Waals surface area contributed by atoms with Crippen LogP contribution >= 0.6 is 11.3 Å². The van der Waals surface area contributed by atoms with E-state index in [1.54, 1.807) is 11.3 Å². The van der Waals surface area contributed by atoms with Gasteiger partial charge in [-0.15, -0.1) is 11.3 Å². The highest BCUT2D eigenvalue weighted by atomic mass is 32.2. The number of guanidine groups is 1. The number of hydrogen-bond acceptors (Lipinski definition) is 5. The number of aromatic nitrogens is 1. The van der Waals surface area contributed by atoms with Gasteiger partial charge < -0.3 is 10.6 Å². The smallest absolute Gasteiger partial charge is 0.191 e. The molecule has 148 valence electrons. The molecule has 0 bridgehead atoms. The van der Waals surface area contributed by atoms with Gasteiger partial charge in [-0.2, -0.15) is 0 Å². The van der Waals surface area contributed by atoms with Crippen molar-refractivity contribution in [2.75, 3.05) is 25.4 Å². The Bertz CT molecular complexity index is 817. The van der Waals surface area contributed by atoms with Gasteiger partial charge in [-0.25, -0.2) is 13.4 Å². The zero-order valence-electron chi connectivity index (χ0n) is 15.9. The summed E-state index contributed by atoms with van der Waals surface area (Å²) in [6.45, 7) is 6.02. The molecule has 0 aliphatic carbocycles. The van der Waals surface area contributed by atoms with Crippen LogP contribution in [0.1, 0.15) is 28.8 Å². The van der Waals surface area contributed by atoms with Gasteiger partial charge in [0.25, 0.3) is 0 Å². The van der Waals surface area contributed by atoms with Crippen molar-refractivity contribution < 1.29 is 8.42 Å². The Balaban J connectivity index is 1.75. The molecule has 0 unspecified atom stereocenters. The van der Waals surface area contributed by atoms with E-state index in [1.165, 1.54) is 4.88 Å². The summed E-state index contributed by atoms with van der Waals surface area (Å²) in [6, 6.07) is 9.28. The lowest BCUT2D eigenvalue weighted by molar-refractivity contribution is 0.592. The van der Waals surface area contributed by atoms with Crippen LogP contribution in [0.15, 0.2) is 41.5 Å². The summed E-state index contributed by atoms with van der Waals surface area (Å²) in [6.07, 6.45) is 3.24. The van der Waals surface area contributed by atoms with E-state index in [4.69, 9.17) is 0 Å². The van der Waals surface area contributed by atoms with Gasteiger partial charge in [0.1, 0.15) is 0 Å². The van der Waals surface area contributed by atoms with Crippen molar-refractivity contribution in [2.24, 2.45) is 4.99 Å². The zero-order chi connectivity index (χ0) is 19.5. The Hall–Kier alpha value is -1.93. The summed E-state index contributed by atoms with van der Waals surface area (Å²) in [5.74, 6) is 0.943. The van der Waals surface area contributed by atoms with Crippen LogP contribution in [0.4, 0.5) is 0 Å². The number of rotatable bonds is 10. The van der Waals surface area contributed by atoms with Gasteiger partial charge in [-0.05, 0) is 25.8 Å². The third-order valence-corrected chi connectivity index (χ3v) is 6.41. The summed E-state index contributed by atoms with van der Waals surface area (Å²) in [5, 5.41) is 7.56. The van der Waals surface area contributed by atoms with Gasteiger partial charge in [0.15, 0.2) is 15.8 Å². The minimum Gasteiger partial charge on any atom is -0.357 e.